The van der Waals surface area contributed by atoms with Crippen LogP contribution in [-0.4, -0.2) is 30.2 Å². The van der Waals surface area contributed by atoms with E-state index in [1.54, 1.807) is 22.7 Å². The molecule has 1 fully saturated rings. The van der Waals surface area contributed by atoms with Gasteiger partial charge in [-0.15, -0.1) is 11.8 Å². The second-order valence-electron chi connectivity index (χ2n) is 5.78. The summed E-state index contributed by atoms with van der Waals surface area (Å²) in [4.78, 5) is 15.2. The summed E-state index contributed by atoms with van der Waals surface area (Å²) < 4.78 is 19.8. The van der Waals surface area contributed by atoms with Gasteiger partial charge in [0.25, 0.3) is 5.91 Å². The number of halogens is 1. The molecule has 0 saturated carbocycles. The molecule has 0 spiro atoms. The molecule has 2 aromatic carbocycles. The lowest BCUT2D eigenvalue weighted by atomic mass is 10.2. The van der Waals surface area contributed by atoms with Crippen molar-refractivity contribution in [2.75, 3.05) is 19.3 Å². The van der Waals surface area contributed by atoms with Crippen molar-refractivity contribution >= 4 is 17.7 Å². The van der Waals surface area contributed by atoms with Gasteiger partial charge in [0.1, 0.15) is 6.61 Å². The van der Waals surface area contributed by atoms with Gasteiger partial charge in [-0.2, -0.15) is 0 Å². The molecule has 3 rings (SSSR count). The average Bonchev–Trinajstić information content (AvgIpc) is 3.15. The number of thioether (sulfide) groups is 1. The molecule has 1 saturated heterocycles. The Morgan fingerprint density at radius 2 is 1.88 bits per heavy atom. The van der Waals surface area contributed by atoms with Crippen LogP contribution in [0.4, 0.5) is 4.39 Å². The summed E-state index contributed by atoms with van der Waals surface area (Å²) in [6.07, 6.45) is 4.06. The van der Waals surface area contributed by atoms with E-state index >= 15 is 0 Å². The van der Waals surface area contributed by atoms with Gasteiger partial charge in [0.15, 0.2) is 11.6 Å². The first-order valence-corrected chi connectivity index (χ1v) is 9.24. The van der Waals surface area contributed by atoms with Crippen LogP contribution in [0.25, 0.3) is 0 Å². The molecule has 2 aromatic rings. The molecule has 0 bridgehead atoms. The molecule has 3 nitrogen and oxygen atoms in total. The number of hydrogen-bond donors (Lipinski definition) is 0. The van der Waals surface area contributed by atoms with E-state index in [9.17, 15) is 9.18 Å². The van der Waals surface area contributed by atoms with Crippen LogP contribution in [0.2, 0.25) is 0 Å². The predicted molar refractivity (Wildman–Crippen MR) is 94.1 cm³/mol. The highest BCUT2D eigenvalue weighted by Crippen LogP contribution is 2.22. The van der Waals surface area contributed by atoms with Gasteiger partial charge in [0, 0.05) is 23.5 Å². The zero-order valence-electron chi connectivity index (χ0n) is 13.6. The molecule has 5 heteroatoms. The van der Waals surface area contributed by atoms with Crippen molar-refractivity contribution in [3.63, 3.8) is 0 Å². The Morgan fingerprint density at radius 1 is 1.17 bits per heavy atom. The SMILES string of the molecule is CSc1ccc(COc2ccc(C(=O)N3CCCC3)cc2F)cc1. The number of ether oxygens (including phenoxy) is 1. The largest absolute Gasteiger partial charge is 0.486 e. The molecule has 0 radical (unpaired) electrons. The highest BCUT2D eigenvalue weighted by atomic mass is 32.2. The van der Waals surface area contributed by atoms with Crippen LogP contribution >= 0.6 is 11.8 Å². The molecule has 1 aliphatic heterocycles. The molecule has 1 amide bonds. The maximum Gasteiger partial charge on any atom is 0.253 e. The van der Waals surface area contributed by atoms with Crippen LogP contribution in [0.15, 0.2) is 47.4 Å². The predicted octanol–water partition coefficient (Wildman–Crippen LogP) is 4.36. The van der Waals surface area contributed by atoms with Crippen LogP contribution in [0, 0.1) is 5.82 Å². The van der Waals surface area contributed by atoms with E-state index in [2.05, 4.69) is 0 Å². The van der Waals surface area contributed by atoms with Gasteiger partial charge in [0.2, 0.25) is 0 Å². The molecule has 1 aliphatic rings. The fourth-order valence-electron chi connectivity index (χ4n) is 2.74. The second-order valence-corrected chi connectivity index (χ2v) is 6.66. The number of nitrogens with zero attached hydrogens (tertiary/aromatic N) is 1. The summed E-state index contributed by atoms with van der Waals surface area (Å²) >= 11 is 1.67. The average molecular weight is 345 g/mol. The van der Waals surface area contributed by atoms with E-state index in [1.165, 1.54) is 17.0 Å². The Balaban J connectivity index is 1.64. The van der Waals surface area contributed by atoms with Crippen LogP contribution in [0.1, 0.15) is 28.8 Å². The topological polar surface area (TPSA) is 29.5 Å². The fraction of sp³-hybridized carbons (Fsp3) is 0.316. The lowest BCUT2D eigenvalue weighted by Crippen LogP contribution is -2.27. The molecule has 24 heavy (non-hydrogen) atoms. The van der Waals surface area contributed by atoms with Crippen molar-refractivity contribution in [3.05, 3.63) is 59.4 Å². The molecule has 0 unspecified atom stereocenters. The Labute approximate surface area is 145 Å². The number of rotatable bonds is 5. The smallest absolute Gasteiger partial charge is 0.253 e. The summed E-state index contributed by atoms with van der Waals surface area (Å²) in [5, 5.41) is 0. The molecular formula is C19H20FNO2S. The van der Waals surface area contributed by atoms with Crippen molar-refractivity contribution in [3.8, 4) is 5.75 Å². The van der Waals surface area contributed by atoms with Gasteiger partial charge in [-0.25, -0.2) is 4.39 Å². The van der Waals surface area contributed by atoms with Crippen LogP contribution in [-0.2, 0) is 6.61 Å². The highest BCUT2D eigenvalue weighted by molar-refractivity contribution is 7.98. The summed E-state index contributed by atoms with van der Waals surface area (Å²) in [5.74, 6) is -0.437. The molecule has 0 aliphatic carbocycles. The van der Waals surface area contributed by atoms with Gasteiger partial charge in [-0.3, -0.25) is 4.79 Å². The molecule has 0 aromatic heterocycles. The normalized spacial score (nSPS) is 14.0. The number of amides is 1. The summed E-state index contributed by atoms with van der Waals surface area (Å²) in [6, 6.07) is 12.4. The maximum atomic E-state index is 14.2. The van der Waals surface area contributed by atoms with Gasteiger partial charge < -0.3 is 9.64 Å². The van der Waals surface area contributed by atoms with Crippen LogP contribution in [0.3, 0.4) is 0 Å². The standard InChI is InChI=1S/C19H20FNO2S/c1-24-16-7-4-14(5-8-16)13-23-18-9-6-15(12-17(18)20)19(22)21-10-2-3-11-21/h4-9,12H,2-3,10-11,13H2,1H3. The van der Waals surface area contributed by atoms with Gasteiger partial charge in [-0.1, -0.05) is 12.1 Å². The summed E-state index contributed by atoms with van der Waals surface area (Å²) in [6.45, 7) is 1.81. The molecule has 0 N–H and O–H groups in total. The van der Waals surface area contributed by atoms with E-state index in [1.807, 2.05) is 30.5 Å². The molecular weight excluding hydrogens is 325 g/mol. The fourth-order valence-corrected chi connectivity index (χ4v) is 3.14. The number of likely N-dealkylation sites (tertiary alicyclic amines) is 1. The van der Waals surface area contributed by atoms with E-state index in [4.69, 9.17) is 4.74 Å². The van der Waals surface area contributed by atoms with Gasteiger partial charge >= 0.3 is 0 Å². The van der Waals surface area contributed by atoms with Crippen molar-refractivity contribution in [2.45, 2.75) is 24.3 Å². The quantitative estimate of drug-likeness (QED) is 0.754. The Bertz CT molecular complexity index is 712. The number of carbonyl (C=O) groups excluding carboxylic acids is 1. The van der Waals surface area contributed by atoms with E-state index < -0.39 is 5.82 Å². The zero-order valence-corrected chi connectivity index (χ0v) is 14.4. The summed E-state index contributed by atoms with van der Waals surface area (Å²) in [7, 11) is 0. The molecule has 1 heterocycles. The van der Waals surface area contributed by atoms with Crippen molar-refractivity contribution < 1.29 is 13.9 Å². The van der Waals surface area contributed by atoms with E-state index in [0.717, 1.165) is 31.5 Å². The third kappa shape index (κ3) is 3.90. The second kappa shape index (κ2) is 7.71. The summed E-state index contributed by atoms with van der Waals surface area (Å²) in [5.41, 5.74) is 1.36. The Hall–Kier alpha value is -2.01. The molecule has 0 atom stereocenters. The van der Waals surface area contributed by atoms with Gasteiger partial charge in [-0.05, 0) is 55.0 Å². The Kier molecular flexibility index (Phi) is 5.41. The van der Waals surface area contributed by atoms with Crippen molar-refractivity contribution in [1.82, 2.24) is 4.90 Å². The number of carbonyl (C=O) groups is 1. The van der Waals surface area contributed by atoms with E-state index in [-0.39, 0.29) is 11.7 Å². The lowest BCUT2D eigenvalue weighted by Gasteiger charge is -2.15. The monoisotopic (exact) mass is 345 g/mol. The van der Waals surface area contributed by atoms with Crippen molar-refractivity contribution in [1.29, 1.82) is 0 Å². The highest BCUT2D eigenvalue weighted by Gasteiger charge is 2.20. The minimum atomic E-state index is -0.499. The van der Waals surface area contributed by atoms with Crippen LogP contribution in [0.5, 0.6) is 5.75 Å². The van der Waals surface area contributed by atoms with E-state index in [0.29, 0.717) is 12.2 Å². The first kappa shape index (κ1) is 16.8. The Morgan fingerprint density at radius 3 is 2.50 bits per heavy atom. The maximum absolute atomic E-state index is 14.2. The zero-order chi connectivity index (χ0) is 16.9. The third-order valence-electron chi connectivity index (χ3n) is 4.13. The van der Waals surface area contributed by atoms with Crippen molar-refractivity contribution in [2.24, 2.45) is 0 Å². The number of benzene rings is 2. The van der Waals surface area contributed by atoms with Crippen LogP contribution < -0.4 is 4.74 Å². The molecule has 126 valence electrons. The first-order chi connectivity index (χ1) is 11.7. The van der Waals surface area contributed by atoms with Gasteiger partial charge in [0.05, 0.1) is 0 Å². The minimum Gasteiger partial charge on any atom is -0.486 e. The third-order valence-corrected chi connectivity index (χ3v) is 4.87. The minimum absolute atomic E-state index is 0.106. The lowest BCUT2D eigenvalue weighted by molar-refractivity contribution is 0.0792. The number of hydrogen-bond acceptors (Lipinski definition) is 3. The first-order valence-electron chi connectivity index (χ1n) is 8.02.